The van der Waals surface area contributed by atoms with Gasteiger partial charge in [0, 0.05) is 41.4 Å². The summed E-state index contributed by atoms with van der Waals surface area (Å²) in [4.78, 5) is 28.1. The van der Waals surface area contributed by atoms with Gasteiger partial charge in [-0.25, -0.2) is 0 Å². The van der Waals surface area contributed by atoms with Crippen LogP contribution in [0.15, 0.2) is 47.4 Å². The number of amides is 1. The Bertz CT molecular complexity index is 1000. The minimum Gasteiger partial charge on any atom is -0.481 e. The Kier molecular flexibility index (Phi) is 7.06. The molecule has 1 unspecified atom stereocenters. The third kappa shape index (κ3) is 4.79. The average molecular weight is 469 g/mol. The molecule has 1 heterocycles. The molecule has 1 aliphatic rings. The second-order valence-electron chi connectivity index (χ2n) is 7.18. The Morgan fingerprint density at radius 1 is 1.10 bits per heavy atom. The maximum atomic E-state index is 13.1. The summed E-state index contributed by atoms with van der Waals surface area (Å²) >= 11 is 12.3. The van der Waals surface area contributed by atoms with Crippen molar-refractivity contribution in [1.29, 1.82) is 0 Å². The molecule has 9 heteroatoms. The van der Waals surface area contributed by atoms with E-state index in [1.165, 1.54) is 12.1 Å². The van der Waals surface area contributed by atoms with Gasteiger partial charge in [0.2, 0.25) is 0 Å². The molecule has 0 saturated carbocycles. The lowest BCUT2D eigenvalue weighted by Gasteiger charge is -2.46. The first-order valence-corrected chi connectivity index (χ1v) is 11.5. The van der Waals surface area contributed by atoms with Crippen molar-refractivity contribution in [2.75, 3.05) is 23.7 Å². The highest BCUT2D eigenvalue weighted by atomic mass is 35.5. The van der Waals surface area contributed by atoms with E-state index in [1.807, 2.05) is 31.2 Å². The Hall–Kier alpha value is -2.09. The van der Waals surface area contributed by atoms with Crippen molar-refractivity contribution in [2.24, 2.45) is 0 Å². The van der Waals surface area contributed by atoms with Crippen molar-refractivity contribution < 1.29 is 18.9 Å². The van der Waals surface area contributed by atoms with E-state index in [1.54, 1.807) is 11.0 Å². The van der Waals surface area contributed by atoms with Gasteiger partial charge in [-0.1, -0.05) is 29.3 Å². The number of hydrogen-bond donors (Lipinski definition) is 1. The van der Waals surface area contributed by atoms with E-state index in [9.17, 15) is 13.8 Å². The Balaban J connectivity index is 1.77. The number of anilines is 1. The van der Waals surface area contributed by atoms with Gasteiger partial charge >= 0.3 is 5.97 Å². The van der Waals surface area contributed by atoms with Gasteiger partial charge in [0.25, 0.3) is 5.91 Å². The van der Waals surface area contributed by atoms with Crippen LogP contribution in [0.4, 0.5) is 5.69 Å². The minimum absolute atomic E-state index is 0.0650. The van der Waals surface area contributed by atoms with E-state index in [-0.39, 0.29) is 27.9 Å². The van der Waals surface area contributed by atoms with Gasteiger partial charge in [0.05, 0.1) is 20.7 Å². The van der Waals surface area contributed by atoms with Gasteiger partial charge in [-0.05, 0) is 50.2 Å². The Morgan fingerprint density at radius 3 is 2.47 bits per heavy atom. The summed E-state index contributed by atoms with van der Waals surface area (Å²) in [6, 6.07) is 12.1. The molecule has 0 spiro atoms. The third-order valence-electron chi connectivity index (χ3n) is 5.34. The molecule has 1 saturated heterocycles. The summed E-state index contributed by atoms with van der Waals surface area (Å²) in [6.07, 6.45) is 0. The fourth-order valence-electron chi connectivity index (χ4n) is 3.62. The summed E-state index contributed by atoms with van der Waals surface area (Å²) in [5, 5.41) is 9.61. The lowest BCUT2D eigenvalue weighted by molar-refractivity contribution is -0.133. The van der Waals surface area contributed by atoms with Crippen LogP contribution in [0.1, 0.15) is 24.2 Å². The number of carbonyl (C=O) groups excluding carboxylic acids is 1. The maximum Gasteiger partial charge on any atom is 0.316 e. The van der Waals surface area contributed by atoms with Gasteiger partial charge in [-0.3, -0.25) is 13.8 Å². The quantitative estimate of drug-likeness (QED) is 0.718. The van der Waals surface area contributed by atoms with Crippen LogP contribution in [0.2, 0.25) is 10.0 Å². The Labute approximate surface area is 187 Å². The third-order valence-corrected chi connectivity index (χ3v) is 7.36. The number of nitrogens with zero attached hydrogens (tertiary/aromatic N) is 2. The molecule has 1 aliphatic heterocycles. The highest BCUT2D eigenvalue weighted by molar-refractivity contribution is 7.85. The first-order chi connectivity index (χ1) is 14.2. The van der Waals surface area contributed by atoms with Crippen LogP contribution in [0.3, 0.4) is 0 Å². The molecular weight excluding hydrogens is 447 g/mol. The highest BCUT2D eigenvalue weighted by Crippen LogP contribution is 2.28. The highest BCUT2D eigenvalue weighted by Gasteiger charge is 2.34. The second-order valence-corrected chi connectivity index (χ2v) is 9.44. The zero-order chi connectivity index (χ0) is 22.0. The maximum absolute atomic E-state index is 13.1. The van der Waals surface area contributed by atoms with Crippen LogP contribution >= 0.6 is 23.2 Å². The van der Waals surface area contributed by atoms with E-state index in [4.69, 9.17) is 28.3 Å². The molecule has 0 bridgehead atoms. The summed E-state index contributed by atoms with van der Waals surface area (Å²) in [6.45, 7) is 5.25. The van der Waals surface area contributed by atoms with Gasteiger partial charge in [-0.2, -0.15) is 0 Å². The first-order valence-electron chi connectivity index (χ1n) is 9.42. The number of carboxylic acid groups (broad SMARTS) is 1. The van der Waals surface area contributed by atoms with E-state index < -0.39 is 22.5 Å². The molecule has 0 aromatic heterocycles. The smallest absolute Gasteiger partial charge is 0.316 e. The largest absolute Gasteiger partial charge is 0.481 e. The normalized spacial score (nSPS) is 20.1. The zero-order valence-electron chi connectivity index (χ0n) is 16.5. The topological polar surface area (TPSA) is 77.9 Å². The lowest BCUT2D eigenvalue weighted by atomic mass is 10.0. The van der Waals surface area contributed by atoms with Crippen molar-refractivity contribution in [3.8, 4) is 0 Å². The van der Waals surface area contributed by atoms with Crippen LogP contribution < -0.4 is 4.90 Å². The summed E-state index contributed by atoms with van der Waals surface area (Å²) in [7, 11) is -1.77. The number of benzene rings is 2. The fraction of sp³-hybridized carbons (Fsp3) is 0.333. The van der Waals surface area contributed by atoms with Crippen molar-refractivity contribution >= 4 is 51.6 Å². The van der Waals surface area contributed by atoms with Gasteiger partial charge in [-0.15, -0.1) is 0 Å². The SMILES string of the molecule is C[C@H]1[C@H](C)N(c2cccc(Cl)c2)CCN1C(=O)c1ccc(S(=O)CC(=O)O)c(Cl)c1. The molecule has 3 rings (SSSR count). The van der Waals surface area contributed by atoms with E-state index in [0.29, 0.717) is 23.7 Å². The number of rotatable bonds is 5. The van der Waals surface area contributed by atoms with Crippen molar-refractivity contribution in [3.05, 3.63) is 58.1 Å². The van der Waals surface area contributed by atoms with Gasteiger partial charge in [0.1, 0.15) is 5.75 Å². The van der Waals surface area contributed by atoms with Crippen LogP contribution in [0, 0.1) is 0 Å². The van der Waals surface area contributed by atoms with Crippen LogP contribution in [0.5, 0.6) is 0 Å². The van der Waals surface area contributed by atoms with Crippen LogP contribution in [-0.2, 0) is 15.6 Å². The zero-order valence-corrected chi connectivity index (χ0v) is 18.9. The number of carbonyl (C=O) groups is 2. The first kappa shape index (κ1) is 22.6. The molecule has 2 aromatic carbocycles. The molecule has 0 radical (unpaired) electrons. The monoisotopic (exact) mass is 468 g/mol. The number of piperazine rings is 1. The summed E-state index contributed by atoms with van der Waals surface area (Å²) in [5.41, 5.74) is 1.40. The lowest BCUT2D eigenvalue weighted by Crippen LogP contribution is -2.59. The molecule has 6 nitrogen and oxygen atoms in total. The summed E-state index contributed by atoms with van der Waals surface area (Å²) < 4.78 is 12.1. The standard InChI is InChI=1S/C21H22Cl2N2O4S/c1-13-14(2)25(9-8-24(13)17-5-3-4-16(22)11-17)21(28)15-6-7-19(18(23)10-15)30(29)12-20(26)27/h3-7,10-11,13-14H,8-9,12H2,1-2H3,(H,26,27)/t13-,14-,30?/m0/s1. The number of halogens is 2. The van der Waals surface area contributed by atoms with Crippen LogP contribution in [0.25, 0.3) is 0 Å². The van der Waals surface area contributed by atoms with Crippen molar-refractivity contribution in [2.45, 2.75) is 30.8 Å². The number of carboxylic acids is 1. The second kappa shape index (κ2) is 9.37. The predicted molar refractivity (Wildman–Crippen MR) is 119 cm³/mol. The molecular formula is C21H22Cl2N2O4S. The molecule has 1 amide bonds. The molecule has 0 aliphatic carbocycles. The predicted octanol–water partition coefficient (Wildman–Crippen LogP) is 3.93. The van der Waals surface area contributed by atoms with Crippen molar-refractivity contribution in [1.82, 2.24) is 4.90 Å². The minimum atomic E-state index is -1.77. The number of hydrogen-bond acceptors (Lipinski definition) is 4. The molecule has 160 valence electrons. The summed E-state index contributed by atoms with van der Waals surface area (Å²) in [5.74, 6) is -1.88. The van der Waals surface area contributed by atoms with E-state index in [2.05, 4.69) is 11.8 Å². The number of aliphatic carboxylic acids is 1. The molecule has 2 aromatic rings. The van der Waals surface area contributed by atoms with E-state index in [0.717, 1.165) is 5.69 Å². The molecule has 3 atom stereocenters. The van der Waals surface area contributed by atoms with Crippen molar-refractivity contribution in [3.63, 3.8) is 0 Å². The Morgan fingerprint density at radius 2 is 1.83 bits per heavy atom. The average Bonchev–Trinajstić information content (AvgIpc) is 2.68. The van der Waals surface area contributed by atoms with E-state index >= 15 is 0 Å². The van der Waals surface area contributed by atoms with Crippen LogP contribution in [-0.4, -0.2) is 57.0 Å². The molecule has 30 heavy (non-hydrogen) atoms. The fourth-order valence-corrected chi connectivity index (χ4v) is 5.12. The molecule has 1 fully saturated rings. The van der Waals surface area contributed by atoms with Gasteiger partial charge in [0.15, 0.2) is 0 Å². The molecule has 1 N–H and O–H groups in total. The van der Waals surface area contributed by atoms with Gasteiger partial charge < -0.3 is 14.9 Å².